The van der Waals surface area contributed by atoms with E-state index in [0.717, 1.165) is 19.4 Å². The van der Waals surface area contributed by atoms with Gasteiger partial charge in [-0.05, 0) is 32.6 Å². The zero-order valence-electron chi connectivity index (χ0n) is 11.3. The highest BCUT2D eigenvalue weighted by atomic mass is 79.9. The molecule has 4 atom stereocenters. The number of nitrogens with zero attached hydrogens (tertiary/aromatic N) is 1. The molecule has 0 aliphatic carbocycles. The van der Waals surface area contributed by atoms with Crippen LogP contribution in [0.2, 0.25) is 0 Å². The summed E-state index contributed by atoms with van der Waals surface area (Å²) in [6.45, 7) is 9.62. The van der Waals surface area contributed by atoms with Crippen molar-refractivity contribution in [2.24, 2.45) is 11.3 Å². The SMILES string of the molecule is CC(C)C12CN(C1C)[C@@](C)(CF)CC/C=C\2Br. The van der Waals surface area contributed by atoms with Crippen LogP contribution in [0.15, 0.2) is 10.6 Å². The lowest BCUT2D eigenvalue weighted by molar-refractivity contribution is -0.135. The van der Waals surface area contributed by atoms with Gasteiger partial charge in [0.1, 0.15) is 6.67 Å². The fourth-order valence-electron chi connectivity index (χ4n) is 3.58. The number of halogens is 2. The number of alkyl halides is 1. The van der Waals surface area contributed by atoms with E-state index in [1.165, 1.54) is 4.48 Å². The Bertz CT molecular complexity index is 341. The summed E-state index contributed by atoms with van der Waals surface area (Å²) in [5.74, 6) is 0.585. The fraction of sp³-hybridized carbons (Fsp3) is 0.857. The van der Waals surface area contributed by atoms with Gasteiger partial charge in [-0.3, -0.25) is 4.90 Å². The Kier molecular flexibility index (Phi) is 3.46. The third-order valence-electron chi connectivity index (χ3n) is 5.11. The third kappa shape index (κ3) is 1.73. The van der Waals surface area contributed by atoms with Crippen molar-refractivity contribution in [3.63, 3.8) is 0 Å². The van der Waals surface area contributed by atoms with Crippen LogP contribution in [0, 0.1) is 11.3 Å². The van der Waals surface area contributed by atoms with Crippen molar-refractivity contribution in [3.8, 4) is 0 Å². The quantitative estimate of drug-likeness (QED) is 0.741. The van der Waals surface area contributed by atoms with Gasteiger partial charge in [-0.1, -0.05) is 35.9 Å². The van der Waals surface area contributed by atoms with Gasteiger partial charge in [0.2, 0.25) is 0 Å². The molecule has 0 amide bonds. The van der Waals surface area contributed by atoms with Gasteiger partial charge in [-0.2, -0.15) is 0 Å². The smallest absolute Gasteiger partial charge is 0.108 e. The molecule has 0 aromatic rings. The van der Waals surface area contributed by atoms with Crippen molar-refractivity contribution in [3.05, 3.63) is 10.6 Å². The highest BCUT2D eigenvalue weighted by molar-refractivity contribution is 9.11. The van der Waals surface area contributed by atoms with Crippen molar-refractivity contribution in [1.29, 1.82) is 0 Å². The summed E-state index contributed by atoms with van der Waals surface area (Å²) in [5, 5.41) is 0. The lowest BCUT2D eigenvalue weighted by Gasteiger charge is -2.65. The van der Waals surface area contributed by atoms with Gasteiger partial charge >= 0.3 is 0 Å². The number of hydrogen-bond acceptors (Lipinski definition) is 1. The molecule has 3 heteroatoms. The average molecular weight is 304 g/mol. The molecular formula is C14H23BrFN. The van der Waals surface area contributed by atoms with Crippen LogP contribution in [0.5, 0.6) is 0 Å². The van der Waals surface area contributed by atoms with Crippen LogP contribution >= 0.6 is 15.9 Å². The van der Waals surface area contributed by atoms with Gasteiger partial charge in [-0.15, -0.1) is 0 Å². The van der Waals surface area contributed by atoms with Gasteiger partial charge in [0.25, 0.3) is 0 Å². The van der Waals surface area contributed by atoms with E-state index in [0.29, 0.717) is 12.0 Å². The molecule has 3 rings (SSSR count). The minimum absolute atomic E-state index is 0.205. The van der Waals surface area contributed by atoms with Crippen LogP contribution in [0.4, 0.5) is 4.39 Å². The Morgan fingerprint density at radius 3 is 2.71 bits per heavy atom. The van der Waals surface area contributed by atoms with Crippen LogP contribution in [-0.2, 0) is 0 Å². The predicted molar refractivity (Wildman–Crippen MR) is 74.1 cm³/mol. The Hall–Kier alpha value is 0.110. The van der Waals surface area contributed by atoms with Crippen LogP contribution < -0.4 is 0 Å². The summed E-state index contributed by atoms with van der Waals surface area (Å²) < 4.78 is 14.7. The first-order valence-electron chi connectivity index (χ1n) is 6.57. The Morgan fingerprint density at radius 2 is 2.24 bits per heavy atom. The maximum atomic E-state index is 13.4. The number of rotatable bonds is 2. The van der Waals surface area contributed by atoms with Crippen LogP contribution in [0.25, 0.3) is 0 Å². The summed E-state index contributed by atoms with van der Waals surface area (Å²) in [4.78, 5) is 2.36. The van der Waals surface area contributed by atoms with E-state index in [-0.39, 0.29) is 17.6 Å². The number of hydrogen-bond donors (Lipinski definition) is 0. The molecule has 98 valence electrons. The molecule has 0 spiro atoms. The summed E-state index contributed by atoms with van der Waals surface area (Å²) >= 11 is 3.77. The van der Waals surface area contributed by atoms with Gasteiger partial charge in [0, 0.05) is 28.0 Å². The molecule has 0 saturated carbocycles. The Morgan fingerprint density at radius 1 is 1.59 bits per heavy atom. The van der Waals surface area contributed by atoms with Crippen molar-refractivity contribution in [2.75, 3.05) is 13.2 Å². The minimum atomic E-state index is -0.262. The molecule has 17 heavy (non-hydrogen) atoms. The normalized spacial score (nSPS) is 49.0. The van der Waals surface area contributed by atoms with Crippen molar-refractivity contribution in [2.45, 2.75) is 52.1 Å². The van der Waals surface area contributed by atoms with E-state index >= 15 is 0 Å². The van der Waals surface area contributed by atoms with E-state index < -0.39 is 0 Å². The summed E-state index contributed by atoms with van der Waals surface area (Å²) in [6, 6.07) is 0.425. The van der Waals surface area contributed by atoms with Crippen molar-refractivity contribution in [1.82, 2.24) is 4.90 Å². The minimum Gasteiger partial charge on any atom is -0.291 e. The van der Waals surface area contributed by atoms with Crippen LogP contribution in [0.3, 0.4) is 0 Å². The lowest BCUT2D eigenvalue weighted by atomic mass is 9.61. The molecule has 3 aliphatic heterocycles. The Labute approximate surface area is 113 Å². The average Bonchev–Trinajstić information content (AvgIpc) is 2.25. The topological polar surface area (TPSA) is 3.24 Å². The van der Waals surface area contributed by atoms with Crippen LogP contribution in [0.1, 0.15) is 40.5 Å². The van der Waals surface area contributed by atoms with E-state index in [4.69, 9.17) is 0 Å². The summed E-state index contributed by atoms with van der Waals surface area (Å²) in [5.41, 5.74) is -0.0567. The van der Waals surface area contributed by atoms with Gasteiger partial charge < -0.3 is 0 Å². The number of allylic oxidation sites excluding steroid dienone is 1. The molecule has 0 radical (unpaired) electrons. The molecule has 0 N–H and O–H groups in total. The largest absolute Gasteiger partial charge is 0.291 e. The Balaban J connectivity index is 2.38. The van der Waals surface area contributed by atoms with Crippen LogP contribution in [-0.4, -0.2) is 29.7 Å². The molecule has 3 heterocycles. The first-order chi connectivity index (χ1) is 7.88. The molecule has 0 aromatic carbocycles. The first kappa shape index (κ1) is 13.5. The van der Waals surface area contributed by atoms with Gasteiger partial charge in [-0.25, -0.2) is 4.39 Å². The van der Waals surface area contributed by atoms with Gasteiger partial charge in [0.05, 0.1) is 0 Å². The second-order valence-corrected chi connectivity index (χ2v) is 7.07. The number of fused-ring (bicyclic) bond motifs is 3. The second kappa shape index (κ2) is 4.34. The third-order valence-corrected chi connectivity index (χ3v) is 6.17. The second-order valence-electron chi connectivity index (χ2n) is 6.22. The molecule has 1 fully saturated rings. The van der Waals surface area contributed by atoms with E-state index in [2.05, 4.69) is 54.6 Å². The predicted octanol–water partition coefficient (Wildman–Crippen LogP) is 4.13. The molecule has 3 unspecified atom stereocenters. The molecular weight excluding hydrogens is 281 g/mol. The first-order valence-corrected chi connectivity index (χ1v) is 7.36. The molecule has 0 aromatic heterocycles. The standard InChI is InChI=1S/C14H23BrFN/c1-10(2)14-9-17(11(14)3)13(4,8-16)7-5-6-12(14)15/h6,10-11H,5,7-9H2,1-4H3/b12-6+/t11?,13-,14?/m1/s1. The fourth-order valence-corrected chi connectivity index (χ4v) is 4.72. The monoisotopic (exact) mass is 303 g/mol. The van der Waals surface area contributed by atoms with E-state index in [9.17, 15) is 4.39 Å². The molecule has 3 aliphatic rings. The molecule has 1 saturated heterocycles. The maximum Gasteiger partial charge on any atom is 0.108 e. The zero-order chi connectivity index (χ0) is 12.8. The summed E-state index contributed by atoms with van der Waals surface area (Å²) in [7, 11) is 0. The highest BCUT2D eigenvalue weighted by Crippen LogP contribution is 2.55. The zero-order valence-corrected chi connectivity index (χ0v) is 12.8. The van der Waals surface area contributed by atoms with Gasteiger partial charge in [0.15, 0.2) is 0 Å². The van der Waals surface area contributed by atoms with E-state index in [1.807, 2.05) is 0 Å². The molecule has 2 bridgehead atoms. The van der Waals surface area contributed by atoms with Crippen molar-refractivity contribution >= 4 is 15.9 Å². The highest BCUT2D eigenvalue weighted by Gasteiger charge is 2.58. The lowest BCUT2D eigenvalue weighted by Crippen LogP contribution is -2.72. The van der Waals surface area contributed by atoms with Crippen molar-refractivity contribution < 1.29 is 4.39 Å². The maximum absolute atomic E-state index is 13.4. The summed E-state index contributed by atoms with van der Waals surface area (Å²) in [6.07, 6.45) is 4.16. The molecule has 1 nitrogen and oxygen atoms in total. The van der Waals surface area contributed by atoms with E-state index in [1.54, 1.807) is 0 Å².